The second kappa shape index (κ2) is 7.65. The van der Waals surface area contributed by atoms with Crippen LogP contribution in [0.3, 0.4) is 0 Å². The molecule has 2 aromatic rings. The van der Waals surface area contributed by atoms with Gasteiger partial charge in [-0.25, -0.2) is 9.66 Å². The highest BCUT2D eigenvalue weighted by Gasteiger charge is 2.12. The van der Waals surface area contributed by atoms with Gasteiger partial charge < -0.3 is 15.2 Å². The Labute approximate surface area is 142 Å². The second-order valence-electron chi connectivity index (χ2n) is 4.54. The van der Waals surface area contributed by atoms with Crippen molar-refractivity contribution in [2.75, 3.05) is 18.9 Å². The lowest BCUT2D eigenvalue weighted by molar-refractivity contribution is 0.297. The van der Waals surface area contributed by atoms with Gasteiger partial charge in [-0.2, -0.15) is 10.4 Å². The van der Waals surface area contributed by atoms with Crippen LogP contribution in [0, 0.1) is 18.3 Å². The van der Waals surface area contributed by atoms with Crippen LogP contribution in [-0.4, -0.2) is 29.1 Å². The number of hydrogen-bond acceptors (Lipinski definition) is 6. The summed E-state index contributed by atoms with van der Waals surface area (Å²) in [6.45, 7) is 4.13. The van der Waals surface area contributed by atoms with E-state index in [0.717, 1.165) is 11.3 Å². The highest BCUT2D eigenvalue weighted by molar-refractivity contribution is 9.10. The van der Waals surface area contributed by atoms with Crippen molar-refractivity contribution in [2.24, 2.45) is 5.10 Å². The molecule has 1 heterocycles. The maximum Gasteiger partial charge on any atom is 0.221 e. The van der Waals surface area contributed by atoms with E-state index >= 15 is 0 Å². The number of aryl methyl sites for hydroxylation is 1. The number of halogens is 1. The van der Waals surface area contributed by atoms with Crippen LogP contribution in [0.4, 0.5) is 5.95 Å². The van der Waals surface area contributed by atoms with Crippen molar-refractivity contribution in [1.82, 2.24) is 9.66 Å². The first-order chi connectivity index (χ1) is 11.0. The number of rotatable bonds is 6. The number of aromatic nitrogens is 2. The third kappa shape index (κ3) is 4.23. The molecule has 0 aliphatic carbocycles. The third-order valence-corrected chi connectivity index (χ3v) is 3.37. The number of hydrogen-bond donors (Lipinski definition) is 1. The first kappa shape index (κ1) is 16.8. The van der Waals surface area contributed by atoms with Crippen molar-refractivity contribution in [3.8, 4) is 17.6 Å². The molecule has 8 heteroatoms. The lowest BCUT2D eigenvalue weighted by Crippen LogP contribution is -2.01. The van der Waals surface area contributed by atoms with E-state index < -0.39 is 0 Å². The van der Waals surface area contributed by atoms with E-state index in [2.05, 4.69) is 26.0 Å². The van der Waals surface area contributed by atoms with Crippen molar-refractivity contribution < 1.29 is 9.47 Å². The van der Waals surface area contributed by atoms with Crippen LogP contribution in [0.1, 0.15) is 18.2 Å². The van der Waals surface area contributed by atoms with Crippen LogP contribution in [-0.2, 0) is 0 Å². The Morgan fingerprint density at radius 2 is 2.26 bits per heavy atom. The molecule has 0 aliphatic rings. The summed E-state index contributed by atoms with van der Waals surface area (Å²) in [6, 6.07) is 5.53. The first-order valence-corrected chi connectivity index (χ1v) is 7.66. The minimum atomic E-state index is -0.0586. The van der Waals surface area contributed by atoms with Crippen LogP contribution >= 0.6 is 15.9 Å². The molecule has 2 rings (SSSR count). The zero-order chi connectivity index (χ0) is 16.8. The van der Waals surface area contributed by atoms with Gasteiger partial charge in [0.05, 0.1) is 29.2 Å². The lowest BCUT2D eigenvalue weighted by Gasteiger charge is -2.12. The van der Waals surface area contributed by atoms with Gasteiger partial charge in [-0.15, -0.1) is 0 Å². The first-order valence-electron chi connectivity index (χ1n) is 6.87. The van der Waals surface area contributed by atoms with Crippen LogP contribution in [0.2, 0.25) is 0 Å². The van der Waals surface area contributed by atoms with Crippen LogP contribution in [0.25, 0.3) is 0 Å². The highest BCUT2D eigenvalue weighted by Crippen LogP contribution is 2.36. The maximum atomic E-state index is 8.66. The number of imidazole rings is 1. The fourth-order valence-corrected chi connectivity index (χ4v) is 2.47. The summed E-state index contributed by atoms with van der Waals surface area (Å²) in [5, 5.41) is 12.9. The van der Waals surface area contributed by atoms with Gasteiger partial charge in [0.15, 0.2) is 18.1 Å². The number of ether oxygens (including phenoxy) is 2. The Kier molecular flexibility index (Phi) is 5.60. The lowest BCUT2D eigenvalue weighted by atomic mass is 10.2. The molecule has 2 N–H and O–H groups in total. The molecule has 0 amide bonds. The Balaban J connectivity index is 2.32. The Bertz CT molecular complexity index is 764. The van der Waals surface area contributed by atoms with Crippen LogP contribution < -0.4 is 15.2 Å². The van der Waals surface area contributed by atoms with E-state index in [9.17, 15) is 0 Å². The molecule has 120 valence electrons. The van der Waals surface area contributed by atoms with Crippen molar-refractivity contribution >= 4 is 28.1 Å². The number of nitrogens with two attached hydrogens (primary N) is 1. The predicted molar refractivity (Wildman–Crippen MR) is 90.8 cm³/mol. The zero-order valence-corrected chi connectivity index (χ0v) is 14.4. The van der Waals surface area contributed by atoms with E-state index in [1.807, 2.05) is 26.0 Å². The molecule has 0 saturated carbocycles. The van der Waals surface area contributed by atoms with Gasteiger partial charge in [-0.05, 0) is 47.5 Å². The molecule has 0 spiro atoms. The SMILES string of the molecule is CCOc1cc(C=Nn2cc(C)nc2N)cc(Br)c1OCC#N. The molecule has 0 aliphatic heterocycles. The summed E-state index contributed by atoms with van der Waals surface area (Å²) in [6.07, 6.45) is 3.37. The number of benzene rings is 1. The predicted octanol–water partition coefficient (Wildman–Crippen LogP) is 2.72. The van der Waals surface area contributed by atoms with Crippen molar-refractivity contribution in [2.45, 2.75) is 13.8 Å². The zero-order valence-electron chi connectivity index (χ0n) is 12.8. The Hall–Kier alpha value is -2.53. The summed E-state index contributed by atoms with van der Waals surface area (Å²) < 4.78 is 13.1. The summed E-state index contributed by atoms with van der Waals surface area (Å²) in [5.41, 5.74) is 7.32. The molecule has 0 saturated heterocycles. The summed E-state index contributed by atoms with van der Waals surface area (Å²) in [7, 11) is 0. The van der Waals surface area contributed by atoms with E-state index in [4.69, 9.17) is 20.5 Å². The Morgan fingerprint density at radius 1 is 1.48 bits per heavy atom. The van der Waals surface area contributed by atoms with E-state index in [-0.39, 0.29) is 6.61 Å². The molecule has 0 bridgehead atoms. The van der Waals surface area contributed by atoms with Gasteiger partial charge in [-0.3, -0.25) is 0 Å². The van der Waals surface area contributed by atoms with Gasteiger partial charge in [0.1, 0.15) is 6.07 Å². The number of nitriles is 1. The fourth-order valence-electron chi connectivity index (χ4n) is 1.90. The monoisotopic (exact) mass is 377 g/mol. The van der Waals surface area contributed by atoms with Crippen LogP contribution in [0.5, 0.6) is 11.5 Å². The minimum absolute atomic E-state index is 0.0586. The van der Waals surface area contributed by atoms with Gasteiger partial charge in [0, 0.05) is 0 Å². The molecule has 23 heavy (non-hydrogen) atoms. The summed E-state index contributed by atoms with van der Waals surface area (Å²) in [5.74, 6) is 1.34. The van der Waals surface area contributed by atoms with E-state index in [0.29, 0.717) is 28.5 Å². The smallest absolute Gasteiger partial charge is 0.221 e. The topological polar surface area (TPSA) is 98.4 Å². The fraction of sp³-hybridized carbons (Fsp3) is 0.267. The van der Waals surface area contributed by atoms with Crippen molar-refractivity contribution in [3.05, 3.63) is 34.1 Å². The van der Waals surface area contributed by atoms with Crippen LogP contribution in [0.15, 0.2) is 27.9 Å². The molecule has 7 nitrogen and oxygen atoms in total. The molecule has 1 aromatic carbocycles. The number of nitrogen functional groups attached to an aromatic ring is 1. The van der Waals surface area contributed by atoms with E-state index in [1.165, 1.54) is 4.68 Å². The molecule has 1 aromatic heterocycles. The number of nitrogens with zero attached hydrogens (tertiary/aromatic N) is 4. The molecule has 0 radical (unpaired) electrons. The average molecular weight is 378 g/mol. The van der Waals surface area contributed by atoms with Gasteiger partial charge >= 0.3 is 0 Å². The molecular formula is C15H16BrN5O2. The molecule has 0 unspecified atom stereocenters. The van der Waals surface area contributed by atoms with Crippen molar-refractivity contribution in [3.63, 3.8) is 0 Å². The largest absolute Gasteiger partial charge is 0.490 e. The van der Waals surface area contributed by atoms with Crippen molar-refractivity contribution in [1.29, 1.82) is 5.26 Å². The van der Waals surface area contributed by atoms with Gasteiger partial charge in [0.2, 0.25) is 5.95 Å². The molecule has 0 fully saturated rings. The summed E-state index contributed by atoms with van der Waals surface area (Å²) in [4.78, 5) is 4.08. The molecule has 0 atom stereocenters. The molecular weight excluding hydrogens is 362 g/mol. The highest BCUT2D eigenvalue weighted by atomic mass is 79.9. The Morgan fingerprint density at radius 3 is 2.87 bits per heavy atom. The average Bonchev–Trinajstić information content (AvgIpc) is 2.82. The quantitative estimate of drug-likeness (QED) is 0.780. The standard InChI is InChI=1S/C15H16BrN5O2/c1-3-22-13-7-11(6-12(16)14(13)23-5-4-17)8-19-21-9-10(2)20-15(21)18/h6-9H,3,5H2,1-2H3,(H2,18,20). The maximum absolute atomic E-state index is 8.66. The normalized spacial score (nSPS) is 10.7. The minimum Gasteiger partial charge on any atom is -0.490 e. The number of anilines is 1. The van der Waals surface area contributed by atoms with Gasteiger partial charge in [0.25, 0.3) is 0 Å². The van der Waals surface area contributed by atoms with E-state index in [1.54, 1.807) is 18.5 Å². The van der Waals surface area contributed by atoms with Gasteiger partial charge in [-0.1, -0.05) is 0 Å². The third-order valence-electron chi connectivity index (χ3n) is 2.78. The summed E-state index contributed by atoms with van der Waals surface area (Å²) >= 11 is 3.42. The second-order valence-corrected chi connectivity index (χ2v) is 5.39.